The van der Waals surface area contributed by atoms with E-state index in [-0.39, 0.29) is 5.78 Å². The van der Waals surface area contributed by atoms with Crippen molar-refractivity contribution in [3.8, 4) is 0 Å². The van der Waals surface area contributed by atoms with Crippen LogP contribution in [0.1, 0.15) is 16.3 Å². The zero-order valence-electron chi connectivity index (χ0n) is 7.77. The van der Waals surface area contributed by atoms with Crippen molar-refractivity contribution in [2.45, 2.75) is 6.92 Å². The van der Waals surface area contributed by atoms with Crippen LogP contribution in [-0.4, -0.2) is 26.9 Å². The van der Waals surface area contributed by atoms with E-state index in [1.54, 1.807) is 0 Å². The molecule has 2 heterocycles. The highest BCUT2D eigenvalue weighted by atomic mass is 16.3. The van der Waals surface area contributed by atoms with Gasteiger partial charge in [0.25, 0.3) is 0 Å². The van der Waals surface area contributed by atoms with Gasteiger partial charge in [-0.25, -0.2) is 4.98 Å². The first-order valence-corrected chi connectivity index (χ1v) is 4.32. The molecule has 0 spiro atoms. The highest BCUT2D eigenvalue weighted by Gasteiger charge is 2.13. The molecule has 0 aliphatic rings. The molecule has 14 heavy (non-hydrogen) atoms. The molecule has 72 valence electrons. The average molecular weight is 190 g/mol. The summed E-state index contributed by atoms with van der Waals surface area (Å²) in [4.78, 5) is 15.4. The van der Waals surface area contributed by atoms with Gasteiger partial charge in [-0.2, -0.15) is 0 Å². The van der Waals surface area contributed by atoms with Crippen LogP contribution in [0.3, 0.4) is 0 Å². The fourth-order valence-corrected chi connectivity index (χ4v) is 1.47. The summed E-state index contributed by atoms with van der Waals surface area (Å²) in [5.74, 6) is 0.402. The smallest absolute Gasteiger partial charge is 0.208 e. The third kappa shape index (κ3) is 1.20. The van der Waals surface area contributed by atoms with Crippen molar-refractivity contribution in [2.24, 2.45) is 0 Å². The van der Waals surface area contributed by atoms with Crippen molar-refractivity contribution in [1.29, 1.82) is 0 Å². The largest absolute Gasteiger partial charge is 0.388 e. The van der Waals surface area contributed by atoms with Gasteiger partial charge in [-0.05, 0) is 19.1 Å². The molecule has 0 saturated heterocycles. The first kappa shape index (κ1) is 8.90. The lowest BCUT2D eigenvalue weighted by atomic mass is 10.2. The summed E-state index contributed by atoms with van der Waals surface area (Å²) in [6.07, 6.45) is 1.84. The number of hydrogen-bond donors (Lipinski definition) is 1. The van der Waals surface area contributed by atoms with Gasteiger partial charge in [0.1, 0.15) is 18.1 Å². The molecule has 0 aliphatic carbocycles. The molecule has 0 bridgehead atoms. The molecular formula is C10H10N2O2. The maximum Gasteiger partial charge on any atom is 0.208 e. The zero-order valence-corrected chi connectivity index (χ0v) is 7.77. The Morgan fingerprint density at radius 2 is 2.36 bits per heavy atom. The van der Waals surface area contributed by atoms with Crippen LogP contribution in [0.2, 0.25) is 0 Å². The number of aliphatic hydroxyl groups excluding tert-OH is 1. The molecule has 0 unspecified atom stereocenters. The summed E-state index contributed by atoms with van der Waals surface area (Å²) in [5, 5.41) is 8.76. The van der Waals surface area contributed by atoms with Crippen LogP contribution < -0.4 is 0 Å². The highest BCUT2D eigenvalue weighted by molar-refractivity contribution is 6.01. The Labute approximate surface area is 80.8 Å². The van der Waals surface area contributed by atoms with E-state index < -0.39 is 6.61 Å². The highest BCUT2D eigenvalue weighted by Crippen LogP contribution is 2.12. The Morgan fingerprint density at radius 3 is 3.07 bits per heavy atom. The van der Waals surface area contributed by atoms with E-state index in [0.29, 0.717) is 5.69 Å². The number of carbonyl (C=O) groups excluding carboxylic acids is 1. The van der Waals surface area contributed by atoms with E-state index in [4.69, 9.17) is 5.11 Å². The van der Waals surface area contributed by atoms with Gasteiger partial charge >= 0.3 is 0 Å². The molecule has 2 aromatic heterocycles. The summed E-state index contributed by atoms with van der Waals surface area (Å²) in [5.41, 5.74) is 1.08. The van der Waals surface area contributed by atoms with Crippen molar-refractivity contribution < 1.29 is 9.90 Å². The van der Waals surface area contributed by atoms with E-state index in [1.807, 2.05) is 35.7 Å². The Bertz CT molecular complexity index is 488. The van der Waals surface area contributed by atoms with Gasteiger partial charge in [0, 0.05) is 6.20 Å². The van der Waals surface area contributed by atoms with Crippen LogP contribution in [0.4, 0.5) is 0 Å². The second kappa shape index (κ2) is 3.23. The van der Waals surface area contributed by atoms with Gasteiger partial charge in [0.2, 0.25) is 5.78 Å². The molecule has 4 nitrogen and oxygen atoms in total. The molecule has 2 aromatic rings. The quantitative estimate of drug-likeness (QED) is 0.713. The second-order valence-electron chi connectivity index (χ2n) is 3.04. The van der Waals surface area contributed by atoms with Gasteiger partial charge < -0.3 is 9.51 Å². The normalized spacial score (nSPS) is 10.7. The second-order valence-corrected chi connectivity index (χ2v) is 3.04. The van der Waals surface area contributed by atoms with Crippen LogP contribution >= 0.6 is 0 Å². The Morgan fingerprint density at radius 1 is 1.57 bits per heavy atom. The lowest BCUT2D eigenvalue weighted by molar-refractivity contribution is 0.0901. The minimum atomic E-state index is -0.499. The molecular weight excluding hydrogens is 180 g/mol. The molecule has 4 heteroatoms. The molecule has 0 amide bonds. The van der Waals surface area contributed by atoms with Gasteiger partial charge in [-0.3, -0.25) is 4.79 Å². The van der Waals surface area contributed by atoms with Gasteiger partial charge in [-0.1, -0.05) is 6.07 Å². The molecule has 2 rings (SSSR count). The summed E-state index contributed by atoms with van der Waals surface area (Å²) in [6, 6.07) is 5.52. The van der Waals surface area contributed by atoms with Crippen LogP contribution in [0.5, 0.6) is 0 Å². The molecule has 0 saturated carbocycles. The molecule has 0 fully saturated rings. The van der Waals surface area contributed by atoms with E-state index in [0.717, 1.165) is 11.3 Å². The topological polar surface area (TPSA) is 54.6 Å². The van der Waals surface area contributed by atoms with Crippen LogP contribution in [0, 0.1) is 6.92 Å². The van der Waals surface area contributed by atoms with Crippen molar-refractivity contribution >= 4 is 11.3 Å². The molecule has 0 radical (unpaired) electrons. The number of ketones is 1. The number of carbonyl (C=O) groups is 1. The fourth-order valence-electron chi connectivity index (χ4n) is 1.47. The minimum absolute atomic E-state index is 0.339. The summed E-state index contributed by atoms with van der Waals surface area (Å²) in [7, 11) is 0. The number of hydrogen-bond acceptors (Lipinski definition) is 3. The molecule has 1 N–H and O–H groups in total. The van der Waals surface area contributed by atoms with Crippen LogP contribution in [-0.2, 0) is 0 Å². The maximum absolute atomic E-state index is 11.3. The third-order valence-corrected chi connectivity index (χ3v) is 2.13. The van der Waals surface area contributed by atoms with Gasteiger partial charge in [0.05, 0.1) is 5.52 Å². The molecule has 0 atom stereocenters. The summed E-state index contributed by atoms with van der Waals surface area (Å²) < 4.78 is 1.82. The number of aromatic nitrogens is 2. The van der Waals surface area contributed by atoms with E-state index >= 15 is 0 Å². The number of fused-ring (bicyclic) bond motifs is 1. The SMILES string of the molecule is Cc1nc(C(=O)CO)c2ccccn12. The maximum atomic E-state index is 11.3. The number of imidazole rings is 1. The monoisotopic (exact) mass is 190 g/mol. The molecule has 0 aliphatic heterocycles. The minimum Gasteiger partial charge on any atom is -0.388 e. The average Bonchev–Trinajstić information content (AvgIpc) is 2.56. The predicted octanol–water partition coefficient (Wildman–Crippen LogP) is 0.818. The first-order chi connectivity index (χ1) is 6.74. The Balaban J connectivity index is 2.72. The van der Waals surface area contributed by atoms with E-state index in [9.17, 15) is 4.79 Å². The Hall–Kier alpha value is -1.68. The number of aryl methyl sites for hydroxylation is 1. The number of nitrogens with zero attached hydrogens (tertiary/aromatic N) is 2. The number of rotatable bonds is 2. The van der Waals surface area contributed by atoms with E-state index in [2.05, 4.69) is 4.98 Å². The first-order valence-electron chi connectivity index (χ1n) is 4.32. The Kier molecular flexibility index (Phi) is 2.05. The van der Waals surface area contributed by atoms with Crippen molar-refractivity contribution in [2.75, 3.05) is 6.61 Å². The van der Waals surface area contributed by atoms with Crippen LogP contribution in [0.15, 0.2) is 24.4 Å². The third-order valence-electron chi connectivity index (χ3n) is 2.13. The lowest BCUT2D eigenvalue weighted by Crippen LogP contribution is -2.05. The van der Waals surface area contributed by atoms with Crippen LogP contribution in [0.25, 0.3) is 5.52 Å². The van der Waals surface area contributed by atoms with Crippen molar-refractivity contribution in [3.05, 3.63) is 35.9 Å². The van der Waals surface area contributed by atoms with Crippen molar-refractivity contribution in [1.82, 2.24) is 9.38 Å². The summed E-state index contributed by atoms with van der Waals surface area (Å²) >= 11 is 0. The number of aliphatic hydroxyl groups is 1. The van der Waals surface area contributed by atoms with E-state index in [1.165, 1.54) is 0 Å². The van der Waals surface area contributed by atoms with Gasteiger partial charge in [-0.15, -0.1) is 0 Å². The lowest BCUT2D eigenvalue weighted by Gasteiger charge is -1.94. The summed E-state index contributed by atoms with van der Waals surface area (Å²) in [6.45, 7) is 1.32. The zero-order chi connectivity index (χ0) is 10.1. The van der Waals surface area contributed by atoms with Crippen molar-refractivity contribution in [3.63, 3.8) is 0 Å². The number of pyridine rings is 1. The molecule has 0 aromatic carbocycles. The number of Topliss-reactive ketones (excluding diaryl/α,β-unsaturated/α-hetero) is 1. The standard InChI is InChI=1S/C10H10N2O2/c1-7-11-10(9(14)6-13)8-4-2-3-5-12(7)8/h2-5,13H,6H2,1H3. The van der Waals surface area contributed by atoms with Gasteiger partial charge in [0.15, 0.2) is 0 Å². The fraction of sp³-hybridized carbons (Fsp3) is 0.200. The predicted molar refractivity (Wildman–Crippen MR) is 51.3 cm³/mol.